The largest absolute Gasteiger partial charge is 0.489 e. The van der Waals surface area contributed by atoms with Crippen LogP contribution >= 0.6 is 11.3 Å². The molecule has 0 aliphatic carbocycles. The Hall–Kier alpha value is -5.47. The van der Waals surface area contributed by atoms with Gasteiger partial charge in [-0.05, 0) is 41.0 Å². The molecule has 7 aromatic rings. The molecule has 3 heterocycles. The summed E-state index contributed by atoms with van der Waals surface area (Å²) >= 11 is 1.28. The molecule has 0 atom stereocenters. The number of rotatable bonds is 7. The van der Waals surface area contributed by atoms with Crippen LogP contribution in [0, 0.1) is 0 Å². The van der Waals surface area contributed by atoms with Crippen LogP contribution < -0.4 is 10.3 Å². The number of ether oxygens (including phenoxy) is 1. The summed E-state index contributed by atoms with van der Waals surface area (Å²) in [6.45, 7) is 0.494. The third-order valence-corrected chi connectivity index (χ3v) is 7.91. The van der Waals surface area contributed by atoms with Gasteiger partial charge in [0.2, 0.25) is 0 Å². The maximum Gasteiger partial charge on any atom is 0.291 e. The van der Waals surface area contributed by atoms with Gasteiger partial charge in [0.25, 0.3) is 5.56 Å². The average molecular weight is 566 g/mol. The molecule has 0 bridgehead atoms. The summed E-state index contributed by atoms with van der Waals surface area (Å²) in [6.07, 6.45) is 3.09. The van der Waals surface area contributed by atoms with E-state index < -0.39 is 0 Å². The van der Waals surface area contributed by atoms with Crippen LogP contribution in [0.5, 0.6) is 5.75 Å². The minimum atomic E-state index is -0.262. The summed E-state index contributed by atoms with van der Waals surface area (Å²) in [5.41, 5.74) is 5.84. The van der Waals surface area contributed by atoms with Gasteiger partial charge in [-0.2, -0.15) is 9.78 Å². The fourth-order valence-corrected chi connectivity index (χ4v) is 5.80. The normalized spacial score (nSPS) is 11.4. The van der Waals surface area contributed by atoms with Crippen molar-refractivity contribution in [2.75, 3.05) is 0 Å². The average Bonchev–Trinajstić information content (AvgIpc) is 3.44. The van der Waals surface area contributed by atoms with Gasteiger partial charge in [0, 0.05) is 16.5 Å². The molecule has 0 amide bonds. The molecular weight excluding hydrogens is 542 g/mol. The Morgan fingerprint density at radius 3 is 2.17 bits per heavy atom. The molecule has 0 N–H and O–H groups in total. The Labute approximate surface area is 245 Å². The zero-order valence-electron chi connectivity index (χ0n) is 22.3. The van der Waals surface area contributed by atoms with Gasteiger partial charge in [-0.15, -0.1) is 21.5 Å². The molecule has 0 aliphatic heterocycles. The van der Waals surface area contributed by atoms with Crippen molar-refractivity contribution in [2.45, 2.75) is 6.61 Å². The molecule has 0 aliphatic rings. The topological polar surface area (TPSA) is 82.3 Å². The lowest BCUT2D eigenvalue weighted by Crippen LogP contribution is -2.15. The summed E-state index contributed by atoms with van der Waals surface area (Å²) in [5, 5.41) is 14.3. The molecule has 7 nitrogen and oxygen atoms in total. The lowest BCUT2D eigenvalue weighted by molar-refractivity contribution is 0.306. The van der Waals surface area contributed by atoms with E-state index in [9.17, 15) is 4.79 Å². The van der Waals surface area contributed by atoms with E-state index in [-0.39, 0.29) is 5.56 Å². The highest BCUT2D eigenvalue weighted by Crippen LogP contribution is 2.41. The SMILES string of the molecule is O=c1c2sc3nnc(-c4ccccc4)c(-c4ccccc4)c3c2ncn1N=Cc1ccc(OCc2ccccc2)cc1. The molecule has 7 rings (SSSR count). The van der Waals surface area contributed by atoms with E-state index in [4.69, 9.17) is 9.72 Å². The summed E-state index contributed by atoms with van der Waals surface area (Å²) in [5.74, 6) is 0.756. The van der Waals surface area contributed by atoms with Crippen molar-refractivity contribution < 1.29 is 4.74 Å². The second-order valence-electron chi connectivity index (χ2n) is 9.60. The molecule has 4 aromatic carbocycles. The van der Waals surface area contributed by atoms with E-state index in [1.807, 2.05) is 115 Å². The van der Waals surface area contributed by atoms with Crippen LogP contribution in [0.25, 0.3) is 42.8 Å². The number of nitrogens with zero attached hydrogens (tertiary/aromatic N) is 5. The standard InChI is InChI=1S/C34H23N5O2S/c40-34-32-31(35-22-39(34)36-20-23-16-18-27(19-17-23)41-21-24-10-4-1-5-11-24)29-28(25-12-6-2-7-13-25)30(37-38-33(29)42-32)26-14-8-3-9-15-26/h1-20,22H,21H2. The molecule has 42 heavy (non-hydrogen) atoms. The monoisotopic (exact) mass is 565 g/mol. The Morgan fingerprint density at radius 2 is 1.45 bits per heavy atom. The second kappa shape index (κ2) is 11.2. The van der Waals surface area contributed by atoms with Gasteiger partial charge in [-0.3, -0.25) is 4.79 Å². The molecule has 0 saturated heterocycles. The Kier molecular flexibility index (Phi) is 6.79. The van der Waals surface area contributed by atoms with Crippen LogP contribution in [0.15, 0.2) is 131 Å². The maximum absolute atomic E-state index is 13.5. The predicted molar refractivity (Wildman–Crippen MR) is 168 cm³/mol. The maximum atomic E-state index is 13.5. The molecule has 8 heteroatoms. The number of thiophene rings is 1. The second-order valence-corrected chi connectivity index (χ2v) is 10.6. The quantitative estimate of drug-likeness (QED) is 0.191. The van der Waals surface area contributed by atoms with Gasteiger partial charge in [0.15, 0.2) is 0 Å². The van der Waals surface area contributed by atoms with Gasteiger partial charge >= 0.3 is 0 Å². The third kappa shape index (κ3) is 4.95. The molecule has 0 spiro atoms. The summed E-state index contributed by atoms with van der Waals surface area (Å²) in [4.78, 5) is 18.9. The van der Waals surface area contributed by atoms with Crippen molar-refractivity contribution >= 4 is 38.0 Å². The molecule has 3 aromatic heterocycles. The fourth-order valence-electron chi connectivity index (χ4n) is 4.79. The molecular formula is C34H23N5O2S. The number of hydrogen-bond acceptors (Lipinski definition) is 7. The van der Waals surface area contributed by atoms with E-state index in [1.54, 1.807) is 6.21 Å². The zero-order valence-corrected chi connectivity index (χ0v) is 23.1. The van der Waals surface area contributed by atoms with Gasteiger partial charge in [-0.25, -0.2) is 4.98 Å². The van der Waals surface area contributed by atoms with Crippen LogP contribution in [0.2, 0.25) is 0 Å². The van der Waals surface area contributed by atoms with Crippen LogP contribution in [-0.4, -0.2) is 26.1 Å². The third-order valence-electron chi connectivity index (χ3n) is 6.86. The first-order chi connectivity index (χ1) is 20.7. The van der Waals surface area contributed by atoms with Crippen LogP contribution in [0.4, 0.5) is 0 Å². The molecule has 0 unspecified atom stereocenters. The molecule has 202 valence electrons. The van der Waals surface area contributed by atoms with E-state index in [1.165, 1.54) is 22.3 Å². The van der Waals surface area contributed by atoms with Crippen molar-refractivity contribution in [3.05, 3.63) is 143 Å². The Morgan fingerprint density at radius 1 is 0.786 bits per heavy atom. The Balaban J connectivity index is 1.24. The summed E-state index contributed by atoms with van der Waals surface area (Å²) in [7, 11) is 0. The zero-order chi connectivity index (χ0) is 28.3. The van der Waals surface area contributed by atoms with E-state index in [0.717, 1.165) is 44.6 Å². The van der Waals surface area contributed by atoms with Crippen molar-refractivity contribution in [3.63, 3.8) is 0 Å². The lowest BCUT2D eigenvalue weighted by atomic mass is 9.97. The van der Waals surface area contributed by atoms with Crippen LogP contribution in [0.1, 0.15) is 11.1 Å². The number of fused-ring (bicyclic) bond motifs is 3. The van der Waals surface area contributed by atoms with Crippen LogP contribution in [-0.2, 0) is 6.61 Å². The van der Waals surface area contributed by atoms with Gasteiger partial charge < -0.3 is 4.74 Å². The number of hydrogen-bond donors (Lipinski definition) is 0. The first-order valence-electron chi connectivity index (χ1n) is 13.4. The lowest BCUT2D eigenvalue weighted by Gasteiger charge is -2.10. The van der Waals surface area contributed by atoms with Gasteiger partial charge in [0.05, 0.1) is 11.7 Å². The predicted octanol–water partition coefficient (Wildman–Crippen LogP) is 7.20. The minimum absolute atomic E-state index is 0.262. The Bertz CT molecular complexity index is 2090. The van der Waals surface area contributed by atoms with Crippen molar-refractivity contribution in [2.24, 2.45) is 5.10 Å². The van der Waals surface area contributed by atoms with Gasteiger partial charge in [-0.1, -0.05) is 91.0 Å². The fraction of sp³-hybridized carbons (Fsp3) is 0.0294. The minimum Gasteiger partial charge on any atom is -0.489 e. The smallest absolute Gasteiger partial charge is 0.291 e. The highest BCUT2D eigenvalue weighted by Gasteiger charge is 2.21. The highest BCUT2D eigenvalue weighted by atomic mass is 32.1. The van der Waals surface area contributed by atoms with E-state index in [2.05, 4.69) is 15.3 Å². The first-order valence-corrected chi connectivity index (χ1v) is 14.2. The van der Waals surface area contributed by atoms with Crippen molar-refractivity contribution in [1.82, 2.24) is 19.9 Å². The van der Waals surface area contributed by atoms with Crippen molar-refractivity contribution in [3.8, 4) is 28.1 Å². The molecule has 0 saturated carbocycles. The van der Waals surface area contributed by atoms with E-state index >= 15 is 0 Å². The van der Waals surface area contributed by atoms with E-state index in [0.29, 0.717) is 21.7 Å². The molecule has 0 fully saturated rings. The molecule has 0 radical (unpaired) electrons. The number of aromatic nitrogens is 4. The van der Waals surface area contributed by atoms with Crippen molar-refractivity contribution in [1.29, 1.82) is 0 Å². The van der Waals surface area contributed by atoms with Gasteiger partial charge in [0.1, 0.15) is 33.9 Å². The summed E-state index contributed by atoms with van der Waals surface area (Å²) in [6, 6.07) is 37.5. The highest BCUT2D eigenvalue weighted by molar-refractivity contribution is 7.25. The van der Waals surface area contributed by atoms with Crippen LogP contribution in [0.3, 0.4) is 0 Å². The first kappa shape index (κ1) is 25.5. The summed E-state index contributed by atoms with van der Waals surface area (Å²) < 4.78 is 7.60. The number of benzene rings is 4.